The Labute approximate surface area is 147 Å². The SMILES string of the molecule is COCCCn1cnnc1SCC(=O)NC[C@H](C)c1ccccc1. The highest BCUT2D eigenvalue weighted by atomic mass is 32.2. The van der Waals surface area contributed by atoms with E-state index in [0.29, 0.717) is 18.9 Å². The molecule has 1 N–H and O–H groups in total. The topological polar surface area (TPSA) is 69.0 Å². The molecule has 2 rings (SSSR count). The van der Waals surface area contributed by atoms with Crippen LogP contribution in [0.15, 0.2) is 41.8 Å². The van der Waals surface area contributed by atoms with Crippen molar-refractivity contribution in [2.24, 2.45) is 0 Å². The second-order valence-electron chi connectivity index (χ2n) is 5.56. The third-order valence-electron chi connectivity index (χ3n) is 3.63. The number of hydrogen-bond acceptors (Lipinski definition) is 5. The molecule has 130 valence electrons. The zero-order chi connectivity index (χ0) is 17.2. The first kappa shape index (κ1) is 18.5. The first-order valence-corrected chi connectivity index (χ1v) is 9.00. The Hall–Kier alpha value is -1.86. The van der Waals surface area contributed by atoms with E-state index in [1.54, 1.807) is 13.4 Å². The lowest BCUT2D eigenvalue weighted by atomic mass is 10.0. The molecule has 0 unspecified atom stereocenters. The Bertz CT molecular complexity index is 618. The van der Waals surface area contributed by atoms with Crippen LogP contribution in [0.5, 0.6) is 0 Å². The van der Waals surface area contributed by atoms with Crippen molar-refractivity contribution in [3.05, 3.63) is 42.2 Å². The van der Waals surface area contributed by atoms with Crippen LogP contribution in [-0.4, -0.2) is 46.7 Å². The second kappa shape index (κ2) is 10.1. The van der Waals surface area contributed by atoms with Crippen LogP contribution in [-0.2, 0) is 16.1 Å². The summed E-state index contributed by atoms with van der Waals surface area (Å²) < 4.78 is 6.99. The molecule has 0 fully saturated rings. The average Bonchev–Trinajstić information content (AvgIpc) is 3.06. The summed E-state index contributed by atoms with van der Waals surface area (Å²) in [6, 6.07) is 10.2. The Kier molecular flexibility index (Phi) is 7.77. The van der Waals surface area contributed by atoms with E-state index in [4.69, 9.17) is 4.74 Å². The number of thioether (sulfide) groups is 1. The van der Waals surface area contributed by atoms with E-state index >= 15 is 0 Å². The van der Waals surface area contributed by atoms with Crippen LogP contribution < -0.4 is 5.32 Å². The lowest BCUT2D eigenvalue weighted by Crippen LogP contribution is -2.29. The van der Waals surface area contributed by atoms with Crippen LogP contribution in [0.25, 0.3) is 0 Å². The fourth-order valence-corrected chi connectivity index (χ4v) is 3.01. The van der Waals surface area contributed by atoms with Crippen LogP contribution in [0.4, 0.5) is 0 Å². The third-order valence-corrected chi connectivity index (χ3v) is 4.61. The molecule has 0 aliphatic heterocycles. The van der Waals surface area contributed by atoms with Crippen LogP contribution in [0.2, 0.25) is 0 Å². The number of ether oxygens (including phenoxy) is 1. The number of methoxy groups -OCH3 is 1. The Morgan fingerprint density at radius 2 is 2.17 bits per heavy atom. The molecular formula is C17H24N4O2S. The van der Waals surface area contributed by atoms with Gasteiger partial charge in [-0.05, 0) is 17.9 Å². The molecule has 1 amide bonds. The van der Waals surface area contributed by atoms with Crippen LogP contribution in [0.1, 0.15) is 24.8 Å². The lowest BCUT2D eigenvalue weighted by Gasteiger charge is -2.13. The number of benzene rings is 1. The van der Waals surface area contributed by atoms with Gasteiger partial charge in [0, 0.05) is 26.8 Å². The molecule has 0 aliphatic rings. The number of hydrogen-bond donors (Lipinski definition) is 1. The molecule has 0 radical (unpaired) electrons. The first-order valence-electron chi connectivity index (χ1n) is 8.02. The van der Waals surface area contributed by atoms with Crippen LogP contribution in [0.3, 0.4) is 0 Å². The van der Waals surface area contributed by atoms with Gasteiger partial charge >= 0.3 is 0 Å². The Morgan fingerprint density at radius 3 is 2.92 bits per heavy atom. The zero-order valence-electron chi connectivity index (χ0n) is 14.1. The monoisotopic (exact) mass is 348 g/mol. The number of aryl methyl sites for hydroxylation is 1. The number of nitrogens with zero attached hydrogens (tertiary/aromatic N) is 3. The normalized spacial score (nSPS) is 12.1. The number of carbonyl (C=O) groups excluding carboxylic acids is 1. The van der Waals surface area contributed by atoms with Crippen molar-refractivity contribution in [1.82, 2.24) is 20.1 Å². The van der Waals surface area contributed by atoms with E-state index < -0.39 is 0 Å². The van der Waals surface area contributed by atoms with Crippen molar-refractivity contribution in [1.29, 1.82) is 0 Å². The maximum absolute atomic E-state index is 12.0. The molecule has 0 spiro atoms. The molecule has 1 heterocycles. The molecule has 1 aromatic carbocycles. The molecule has 1 aromatic heterocycles. The van der Waals surface area contributed by atoms with E-state index in [0.717, 1.165) is 18.1 Å². The Balaban J connectivity index is 1.72. The Morgan fingerprint density at radius 1 is 1.38 bits per heavy atom. The minimum atomic E-state index is 0.00854. The molecule has 6 nitrogen and oxygen atoms in total. The molecule has 24 heavy (non-hydrogen) atoms. The van der Waals surface area contributed by atoms with Gasteiger partial charge in [-0.2, -0.15) is 0 Å². The van der Waals surface area contributed by atoms with E-state index in [1.165, 1.54) is 17.3 Å². The summed E-state index contributed by atoms with van der Waals surface area (Å²) in [5, 5.41) is 11.7. The third kappa shape index (κ3) is 5.98. The van der Waals surface area contributed by atoms with Gasteiger partial charge in [0.25, 0.3) is 0 Å². The van der Waals surface area contributed by atoms with Gasteiger partial charge in [-0.15, -0.1) is 10.2 Å². The van der Waals surface area contributed by atoms with Gasteiger partial charge in [0.1, 0.15) is 6.33 Å². The highest BCUT2D eigenvalue weighted by Gasteiger charge is 2.10. The molecule has 0 saturated heterocycles. The van der Waals surface area contributed by atoms with Gasteiger partial charge in [0.05, 0.1) is 5.75 Å². The van der Waals surface area contributed by atoms with E-state index in [9.17, 15) is 4.79 Å². The van der Waals surface area contributed by atoms with E-state index in [-0.39, 0.29) is 11.8 Å². The van der Waals surface area contributed by atoms with Gasteiger partial charge in [0.2, 0.25) is 5.91 Å². The summed E-state index contributed by atoms with van der Waals surface area (Å²) in [4.78, 5) is 12.0. The molecule has 1 atom stereocenters. The minimum Gasteiger partial charge on any atom is -0.385 e. The highest BCUT2D eigenvalue weighted by Crippen LogP contribution is 2.16. The van der Waals surface area contributed by atoms with Crippen molar-refractivity contribution in [3.8, 4) is 0 Å². The quantitative estimate of drug-likeness (QED) is 0.527. The van der Waals surface area contributed by atoms with Crippen molar-refractivity contribution in [2.45, 2.75) is 31.0 Å². The molecule has 2 aromatic rings. The molecule has 0 aliphatic carbocycles. The van der Waals surface area contributed by atoms with Gasteiger partial charge in [-0.3, -0.25) is 4.79 Å². The van der Waals surface area contributed by atoms with Crippen molar-refractivity contribution >= 4 is 17.7 Å². The maximum atomic E-state index is 12.0. The first-order chi connectivity index (χ1) is 11.7. The van der Waals surface area contributed by atoms with Crippen LogP contribution >= 0.6 is 11.8 Å². The predicted molar refractivity (Wildman–Crippen MR) is 95.1 cm³/mol. The number of rotatable bonds is 10. The number of nitrogens with one attached hydrogen (secondary N) is 1. The number of carbonyl (C=O) groups is 1. The van der Waals surface area contributed by atoms with Gasteiger partial charge in [0.15, 0.2) is 5.16 Å². The van der Waals surface area contributed by atoms with Crippen molar-refractivity contribution < 1.29 is 9.53 Å². The highest BCUT2D eigenvalue weighted by molar-refractivity contribution is 7.99. The molecular weight excluding hydrogens is 324 g/mol. The fourth-order valence-electron chi connectivity index (χ4n) is 2.24. The molecule has 0 saturated carbocycles. The average molecular weight is 348 g/mol. The van der Waals surface area contributed by atoms with Gasteiger partial charge in [-0.25, -0.2) is 0 Å². The zero-order valence-corrected chi connectivity index (χ0v) is 15.0. The van der Waals surface area contributed by atoms with Crippen LogP contribution in [0, 0.1) is 0 Å². The summed E-state index contributed by atoms with van der Waals surface area (Å²) in [7, 11) is 1.68. The number of amides is 1. The summed E-state index contributed by atoms with van der Waals surface area (Å²) in [6.07, 6.45) is 2.58. The summed E-state index contributed by atoms with van der Waals surface area (Å²) in [5.41, 5.74) is 1.23. The smallest absolute Gasteiger partial charge is 0.230 e. The van der Waals surface area contributed by atoms with E-state index in [2.05, 4.69) is 34.6 Å². The van der Waals surface area contributed by atoms with Gasteiger partial charge < -0.3 is 14.6 Å². The standard InChI is InChI=1S/C17H24N4O2S/c1-14(15-7-4-3-5-8-15)11-18-16(22)12-24-17-20-19-13-21(17)9-6-10-23-2/h3-5,7-8,13-14H,6,9-12H2,1-2H3,(H,18,22)/t14-/m0/s1. The molecule has 7 heteroatoms. The maximum Gasteiger partial charge on any atom is 0.230 e. The summed E-state index contributed by atoms with van der Waals surface area (Å²) in [5.74, 6) is 0.636. The van der Waals surface area contributed by atoms with Crippen molar-refractivity contribution in [3.63, 3.8) is 0 Å². The largest absolute Gasteiger partial charge is 0.385 e. The van der Waals surface area contributed by atoms with Gasteiger partial charge in [-0.1, -0.05) is 49.0 Å². The van der Waals surface area contributed by atoms with Crippen molar-refractivity contribution in [2.75, 3.05) is 26.0 Å². The summed E-state index contributed by atoms with van der Waals surface area (Å²) >= 11 is 1.40. The lowest BCUT2D eigenvalue weighted by molar-refractivity contribution is -0.118. The van der Waals surface area contributed by atoms with E-state index in [1.807, 2.05) is 22.8 Å². The molecule has 0 bridgehead atoms. The minimum absolute atomic E-state index is 0.00854. The summed E-state index contributed by atoms with van der Waals surface area (Å²) in [6.45, 7) is 4.22. The fraction of sp³-hybridized carbons (Fsp3) is 0.471. The number of aromatic nitrogens is 3. The second-order valence-corrected chi connectivity index (χ2v) is 6.50. The predicted octanol–water partition coefficient (Wildman–Crippen LogP) is 2.33.